The highest BCUT2D eigenvalue weighted by atomic mass is 35.5. The molecule has 0 fully saturated rings. The van der Waals surface area contributed by atoms with Crippen LogP contribution in [0, 0.1) is 5.92 Å². The fourth-order valence-corrected chi connectivity index (χ4v) is 2.95. The van der Waals surface area contributed by atoms with Gasteiger partial charge in [0.05, 0.1) is 12.1 Å². The standard InChI is InChI=1S/C16H17ClN2O3S/c1-10(6-15(21)22)8-18-14(20)7-13-9-23-16(19-13)11-2-4-12(17)5-3-11/h2-5,9-10H,6-8H2,1H3,(H,18,20)(H,21,22). The van der Waals surface area contributed by atoms with Gasteiger partial charge in [-0.25, -0.2) is 4.98 Å². The number of aromatic nitrogens is 1. The van der Waals surface area contributed by atoms with Gasteiger partial charge in [-0.15, -0.1) is 11.3 Å². The highest BCUT2D eigenvalue weighted by Gasteiger charge is 2.12. The van der Waals surface area contributed by atoms with E-state index in [1.54, 1.807) is 19.1 Å². The Morgan fingerprint density at radius 1 is 1.35 bits per heavy atom. The Hall–Kier alpha value is -1.92. The second-order valence-corrected chi connectivity index (χ2v) is 6.63. The number of hydrogen-bond acceptors (Lipinski definition) is 4. The van der Waals surface area contributed by atoms with Gasteiger partial charge >= 0.3 is 5.97 Å². The van der Waals surface area contributed by atoms with Gasteiger partial charge in [0, 0.05) is 28.9 Å². The van der Waals surface area contributed by atoms with Gasteiger partial charge in [-0.05, 0) is 18.1 Å². The summed E-state index contributed by atoms with van der Waals surface area (Å²) in [6.45, 7) is 2.13. The SMILES string of the molecule is CC(CNC(=O)Cc1csc(-c2ccc(Cl)cc2)n1)CC(=O)O. The van der Waals surface area contributed by atoms with E-state index in [2.05, 4.69) is 10.3 Å². The smallest absolute Gasteiger partial charge is 0.303 e. The molecule has 122 valence electrons. The predicted octanol–water partition coefficient (Wildman–Crippen LogP) is 3.23. The summed E-state index contributed by atoms with van der Waals surface area (Å²) in [4.78, 5) is 26.9. The minimum atomic E-state index is -0.862. The Morgan fingerprint density at radius 3 is 2.70 bits per heavy atom. The van der Waals surface area contributed by atoms with Crippen LogP contribution in [0.2, 0.25) is 5.02 Å². The molecule has 5 nitrogen and oxygen atoms in total. The van der Waals surface area contributed by atoms with Crippen molar-refractivity contribution in [1.29, 1.82) is 0 Å². The van der Waals surface area contributed by atoms with Gasteiger partial charge in [0.2, 0.25) is 5.91 Å². The quantitative estimate of drug-likeness (QED) is 0.801. The number of carbonyl (C=O) groups excluding carboxylic acids is 1. The number of hydrogen-bond donors (Lipinski definition) is 2. The van der Waals surface area contributed by atoms with E-state index in [1.807, 2.05) is 17.5 Å². The van der Waals surface area contributed by atoms with Crippen LogP contribution in [0.25, 0.3) is 10.6 Å². The summed E-state index contributed by atoms with van der Waals surface area (Å²) in [5, 5.41) is 14.8. The molecule has 1 unspecified atom stereocenters. The summed E-state index contributed by atoms with van der Waals surface area (Å²) in [6, 6.07) is 7.38. The third kappa shape index (κ3) is 5.65. The molecule has 1 heterocycles. The van der Waals surface area contributed by atoms with Crippen molar-refractivity contribution in [3.63, 3.8) is 0 Å². The van der Waals surface area contributed by atoms with Crippen molar-refractivity contribution >= 4 is 34.8 Å². The molecule has 0 saturated carbocycles. The lowest BCUT2D eigenvalue weighted by atomic mass is 10.1. The lowest BCUT2D eigenvalue weighted by Crippen LogP contribution is -2.30. The molecule has 0 aliphatic rings. The second kappa shape index (κ2) is 8.08. The first kappa shape index (κ1) is 17.4. The van der Waals surface area contributed by atoms with Crippen LogP contribution in [-0.2, 0) is 16.0 Å². The van der Waals surface area contributed by atoms with Gasteiger partial charge in [-0.3, -0.25) is 9.59 Å². The van der Waals surface area contributed by atoms with E-state index >= 15 is 0 Å². The zero-order valence-corrected chi connectivity index (χ0v) is 14.2. The van der Waals surface area contributed by atoms with E-state index in [1.165, 1.54) is 11.3 Å². The number of carbonyl (C=O) groups is 2. The normalized spacial score (nSPS) is 11.9. The zero-order chi connectivity index (χ0) is 16.8. The summed E-state index contributed by atoms with van der Waals surface area (Å²) in [7, 11) is 0. The maximum atomic E-state index is 11.9. The molecule has 23 heavy (non-hydrogen) atoms. The van der Waals surface area contributed by atoms with Gasteiger partial charge in [0.1, 0.15) is 5.01 Å². The molecule has 1 amide bonds. The number of carboxylic acids is 1. The molecule has 0 aliphatic carbocycles. The number of carboxylic acid groups (broad SMARTS) is 1. The van der Waals surface area contributed by atoms with Gasteiger partial charge in [0.25, 0.3) is 0 Å². The minimum Gasteiger partial charge on any atom is -0.481 e. The Bertz CT molecular complexity index is 685. The number of rotatable bonds is 7. The van der Waals surface area contributed by atoms with Crippen molar-refractivity contribution in [2.45, 2.75) is 19.8 Å². The van der Waals surface area contributed by atoms with Crippen molar-refractivity contribution in [3.05, 3.63) is 40.4 Å². The molecular formula is C16H17ClN2O3S. The van der Waals surface area contributed by atoms with E-state index in [-0.39, 0.29) is 24.7 Å². The molecule has 1 aromatic carbocycles. The van der Waals surface area contributed by atoms with Crippen LogP contribution in [0.4, 0.5) is 0 Å². The highest BCUT2D eigenvalue weighted by molar-refractivity contribution is 7.13. The van der Waals surface area contributed by atoms with Crippen LogP contribution < -0.4 is 5.32 Å². The van der Waals surface area contributed by atoms with Gasteiger partial charge in [-0.2, -0.15) is 0 Å². The number of halogens is 1. The topological polar surface area (TPSA) is 79.3 Å². The number of thiazole rings is 1. The molecule has 7 heteroatoms. The third-order valence-electron chi connectivity index (χ3n) is 3.16. The number of nitrogens with one attached hydrogen (secondary N) is 1. The lowest BCUT2D eigenvalue weighted by molar-refractivity contribution is -0.138. The molecule has 0 aliphatic heterocycles. The van der Waals surface area contributed by atoms with E-state index < -0.39 is 5.97 Å². The van der Waals surface area contributed by atoms with Crippen LogP contribution in [0.15, 0.2) is 29.6 Å². The first-order valence-corrected chi connectivity index (χ1v) is 8.38. The third-order valence-corrected chi connectivity index (χ3v) is 4.35. The maximum Gasteiger partial charge on any atom is 0.303 e. The van der Waals surface area contributed by atoms with E-state index in [4.69, 9.17) is 16.7 Å². The molecule has 0 bridgehead atoms. The predicted molar refractivity (Wildman–Crippen MR) is 90.7 cm³/mol. The molecular weight excluding hydrogens is 336 g/mol. The van der Waals surface area contributed by atoms with Gasteiger partial charge < -0.3 is 10.4 Å². The van der Waals surface area contributed by atoms with Crippen LogP contribution in [0.1, 0.15) is 19.0 Å². The summed E-state index contributed by atoms with van der Waals surface area (Å²) >= 11 is 7.33. The summed E-state index contributed by atoms with van der Waals surface area (Å²) in [5.41, 5.74) is 1.66. The van der Waals surface area contributed by atoms with Crippen molar-refractivity contribution < 1.29 is 14.7 Å². The zero-order valence-electron chi connectivity index (χ0n) is 12.6. The second-order valence-electron chi connectivity index (χ2n) is 5.33. The van der Waals surface area contributed by atoms with Crippen molar-refractivity contribution in [2.24, 2.45) is 5.92 Å². The largest absolute Gasteiger partial charge is 0.481 e. The number of benzene rings is 1. The molecule has 1 atom stereocenters. The number of amides is 1. The first-order valence-electron chi connectivity index (χ1n) is 7.13. The highest BCUT2D eigenvalue weighted by Crippen LogP contribution is 2.25. The van der Waals surface area contributed by atoms with Crippen molar-refractivity contribution in [2.75, 3.05) is 6.54 Å². The molecule has 2 aromatic rings. The fourth-order valence-electron chi connectivity index (χ4n) is 2.00. The summed E-state index contributed by atoms with van der Waals surface area (Å²) in [5.74, 6) is -1.12. The van der Waals surface area contributed by atoms with Gasteiger partial charge in [-0.1, -0.05) is 30.7 Å². The molecule has 2 N–H and O–H groups in total. The van der Waals surface area contributed by atoms with E-state index in [9.17, 15) is 9.59 Å². The monoisotopic (exact) mass is 352 g/mol. The maximum absolute atomic E-state index is 11.9. The molecule has 0 radical (unpaired) electrons. The van der Waals surface area contributed by atoms with Crippen LogP contribution >= 0.6 is 22.9 Å². The van der Waals surface area contributed by atoms with Crippen LogP contribution in [-0.4, -0.2) is 28.5 Å². The number of nitrogens with zero attached hydrogens (tertiary/aromatic N) is 1. The van der Waals surface area contributed by atoms with Crippen molar-refractivity contribution in [3.8, 4) is 10.6 Å². The van der Waals surface area contributed by atoms with Crippen LogP contribution in [0.5, 0.6) is 0 Å². The lowest BCUT2D eigenvalue weighted by Gasteiger charge is -2.09. The molecule has 0 saturated heterocycles. The minimum absolute atomic E-state index is 0.0394. The Balaban J connectivity index is 1.87. The number of aliphatic carboxylic acids is 1. The summed E-state index contributed by atoms with van der Waals surface area (Å²) < 4.78 is 0. The molecule has 1 aromatic heterocycles. The van der Waals surface area contributed by atoms with E-state index in [0.29, 0.717) is 17.3 Å². The van der Waals surface area contributed by atoms with Gasteiger partial charge in [0.15, 0.2) is 0 Å². The average molecular weight is 353 g/mol. The average Bonchev–Trinajstić information content (AvgIpc) is 2.93. The Morgan fingerprint density at radius 2 is 2.04 bits per heavy atom. The Labute approximate surface area is 143 Å². The molecule has 2 rings (SSSR count). The Kier molecular flexibility index (Phi) is 6.12. The first-order chi connectivity index (χ1) is 10.9. The summed E-state index contributed by atoms with van der Waals surface area (Å²) in [6.07, 6.45) is 0.224. The van der Waals surface area contributed by atoms with E-state index in [0.717, 1.165) is 10.6 Å². The van der Waals surface area contributed by atoms with Crippen LogP contribution in [0.3, 0.4) is 0 Å². The van der Waals surface area contributed by atoms with Crippen molar-refractivity contribution in [1.82, 2.24) is 10.3 Å². The molecule has 0 spiro atoms. The fraction of sp³-hybridized carbons (Fsp3) is 0.312.